The van der Waals surface area contributed by atoms with Crippen LogP contribution in [0.5, 0.6) is 5.75 Å². The van der Waals surface area contributed by atoms with Crippen LogP contribution in [0.2, 0.25) is 0 Å². The summed E-state index contributed by atoms with van der Waals surface area (Å²) >= 11 is 0. The molecule has 1 N–H and O–H groups in total. The normalized spacial score (nSPS) is 20.4. The number of nitrogens with zero attached hydrogens (tertiary/aromatic N) is 1. The van der Waals surface area contributed by atoms with E-state index < -0.39 is 11.0 Å². The van der Waals surface area contributed by atoms with Gasteiger partial charge in [0.1, 0.15) is 10.6 Å². The van der Waals surface area contributed by atoms with Gasteiger partial charge in [0.25, 0.3) is 0 Å². The van der Waals surface area contributed by atoms with Crippen molar-refractivity contribution >= 4 is 16.7 Å². The summed E-state index contributed by atoms with van der Waals surface area (Å²) in [7, 11) is -1.40. The van der Waals surface area contributed by atoms with Crippen LogP contribution < -0.4 is 0 Å². The van der Waals surface area contributed by atoms with E-state index in [9.17, 15) is 9.32 Å². The third kappa shape index (κ3) is 0.881. The topological polar surface area (TPSA) is 49.7 Å². The molecule has 1 atom stereocenters. The summed E-state index contributed by atoms with van der Waals surface area (Å²) in [5.74, 6) is 0.0615. The van der Waals surface area contributed by atoms with Crippen molar-refractivity contribution in [2.45, 2.75) is 11.8 Å². The van der Waals surface area contributed by atoms with Crippen LogP contribution in [0, 0.1) is 0 Å². The second kappa shape index (κ2) is 2.42. The fourth-order valence-electron chi connectivity index (χ4n) is 1.21. The van der Waals surface area contributed by atoms with Gasteiger partial charge < -0.3 is 5.11 Å². The van der Waals surface area contributed by atoms with Gasteiger partial charge in [-0.25, -0.2) is 4.21 Å². The molecule has 0 radical (unpaired) electrons. The number of fused-ring (bicyclic) bond motifs is 1. The number of hydrogen-bond acceptors (Lipinski definition) is 2. The summed E-state index contributed by atoms with van der Waals surface area (Å²) in [6, 6.07) is 5.04. The summed E-state index contributed by atoms with van der Waals surface area (Å²) in [6.07, 6.45) is 0. The van der Waals surface area contributed by atoms with Crippen LogP contribution in [-0.4, -0.2) is 15.0 Å². The van der Waals surface area contributed by atoms with Crippen molar-refractivity contribution < 1.29 is 9.32 Å². The maximum Gasteiger partial charge on any atom is 0.177 e. The number of benzene rings is 1. The largest absolute Gasteiger partial charge is 0.507 e. The predicted molar refractivity (Wildman–Crippen MR) is 46.7 cm³/mol. The van der Waals surface area contributed by atoms with Crippen LogP contribution in [0.25, 0.3) is 0 Å². The van der Waals surface area contributed by atoms with Crippen molar-refractivity contribution in [1.29, 1.82) is 0 Å². The minimum absolute atomic E-state index is 0.0615. The fraction of sp³-hybridized carbons (Fsp3) is 0.125. The highest BCUT2D eigenvalue weighted by atomic mass is 32.2. The van der Waals surface area contributed by atoms with E-state index in [0.29, 0.717) is 4.90 Å². The molecule has 0 amide bonds. The molecule has 0 aromatic heterocycles. The summed E-state index contributed by atoms with van der Waals surface area (Å²) in [4.78, 5) is 0.440. The summed E-state index contributed by atoms with van der Waals surface area (Å²) < 4.78 is 15.1. The highest BCUT2D eigenvalue weighted by molar-refractivity contribution is 7.84. The molecule has 0 saturated carbocycles. The van der Waals surface area contributed by atoms with Gasteiger partial charge in [-0.2, -0.15) is 4.40 Å². The van der Waals surface area contributed by atoms with Crippen molar-refractivity contribution in [3.8, 4) is 5.75 Å². The van der Waals surface area contributed by atoms with Crippen molar-refractivity contribution in [1.82, 2.24) is 0 Å². The fourth-order valence-corrected chi connectivity index (χ4v) is 2.30. The van der Waals surface area contributed by atoms with Gasteiger partial charge in [-0.1, -0.05) is 12.1 Å². The van der Waals surface area contributed by atoms with E-state index in [0.717, 1.165) is 11.3 Å². The Morgan fingerprint density at radius 3 is 2.92 bits per heavy atom. The SMILES string of the molecule is CC1=NS(=O)c2c(O)cccc21. The van der Waals surface area contributed by atoms with Crippen LogP contribution in [0.15, 0.2) is 27.5 Å². The minimum atomic E-state index is -1.40. The molecule has 0 fully saturated rings. The lowest BCUT2D eigenvalue weighted by Crippen LogP contribution is -1.90. The molecule has 0 saturated heterocycles. The Kier molecular flexibility index (Phi) is 1.51. The zero-order valence-corrected chi connectivity index (χ0v) is 7.26. The van der Waals surface area contributed by atoms with Gasteiger partial charge in [0.15, 0.2) is 11.0 Å². The number of aromatic hydroxyl groups is 1. The summed E-state index contributed by atoms with van der Waals surface area (Å²) in [5.41, 5.74) is 1.51. The maximum atomic E-state index is 11.3. The molecule has 12 heavy (non-hydrogen) atoms. The Morgan fingerprint density at radius 2 is 2.25 bits per heavy atom. The zero-order chi connectivity index (χ0) is 8.72. The molecular formula is C8H7NO2S. The summed E-state index contributed by atoms with van der Waals surface area (Å²) in [6.45, 7) is 1.78. The molecule has 1 aliphatic heterocycles. The number of phenolic OH excluding ortho intramolecular Hbond substituents is 1. The van der Waals surface area contributed by atoms with Crippen molar-refractivity contribution in [3.05, 3.63) is 23.8 Å². The quantitative estimate of drug-likeness (QED) is 0.654. The van der Waals surface area contributed by atoms with Crippen LogP contribution in [0.3, 0.4) is 0 Å². The highest BCUT2D eigenvalue weighted by Gasteiger charge is 2.22. The molecule has 0 aliphatic carbocycles. The number of hydrogen-bond donors (Lipinski definition) is 1. The molecule has 0 spiro atoms. The predicted octanol–water partition coefficient (Wildman–Crippen LogP) is 1.24. The van der Waals surface area contributed by atoms with E-state index in [2.05, 4.69) is 4.40 Å². The smallest absolute Gasteiger partial charge is 0.177 e. The molecule has 1 aromatic rings. The third-order valence-electron chi connectivity index (χ3n) is 1.78. The van der Waals surface area contributed by atoms with Gasteiger partial charge in [0.2, 0.25) is 0 Å². The highest BCUT2D eigenvalue weighted by Crippen LogP contribution is 2.30. The second-order valence-electron chi connectivity index (χ2n) is 2.58. The van der Waals surface area contributed by atoms with Crippen molar-refractivity contribution in [3.63, 3.8) is 0 Å². The molecule has 62 valence electrons. The average Bonchev–Trinajstić information content (AvgIpc) is 2.29. The third-order valence-corrected chi connectivity index (χ3v) is 3.00. The standard InChI is InChI=1S/C8H7NO2S/c1-5-6-3-2-4-7(10)8(6)12(11)9-5/h2-4,10H,1H3. The van der Waals surface area contributed by atoms with Crippen molar-refractivity contribution in [2.75, 3.05) is 0 Å². The molecule has 0 bridgehead atoms. The van der Waals surface area contributed by atoms with Gasteiger partial charge >= 0.3 is 0 Å². The molecular weight excluding hydrogens is 174 g/mol. The second-order valence-corrected chi connectivity index (χ2v) is 3.67. The zero-order valence-electron chi connectivity index (χ0n) is 6.44. The average molecular weight is 181 g/mol. The lowest BCUT2D eigenvalue weighted by atomic mass is 10.1. The van der Waals surface area contributed by atoms with E-state index in [1.54, 1.807) is 19.1 Å². The van der Waals surface area contributed by atoms with Gasteiger partial charge in [0.05, 0.1) is 5.71 Å². The van der Waals surface area contributed by atoms with Crippen LogP contribution in [0.1, 0.15) is 12.5 Å². The number of phenols is 1. The van der Waals surface area contributed by atoms with Gasteiger partial charge in [-0.3, -0.25) is 0 Å². The first-order valence-electron chi connectivity index (χ1n) is 3.49. The first kappa shape index (κ1) is 7.49. The van der Waals surface area contributed by atoms with Crippen LogP contribution in [-0.2, 0) is 11.0 Å². The Morgan fingerprint density at radius 1 is 1.50 bits per heavy atom. The van der Waals surface area contributed by atoms with E-state index in [1.807, 2.05) is 0 Å². The monoisotopic (exact) mass is 181 g/mol. The summed E-state index contributed by atoms with van der Waals surface area (Å²) in [5, 5.41) is 9.35. The van der Waals surface area contributed by atoms with Crippen molar-refractivity contribution in [2.24, 2.45) is 4.40 Å². The van der Waals surface area contributed by atoms with E-state index >= 15 is 0 Å². The molecule has 1 unspecified atom stereocenters. The molecule has 1 aliphatic rings. The Labute approximate surface area is 72.4 Å². The van der Waals surface area contributed by atoms with E-state index in [1.165, 1.54) is 6.07 Å². The number of rotatable bonds is 0. The van der Waals surface area contributed by atoms with Crippen LogP contribution >= 0.6 is 0 Å². The van der Waals surface area contributed by atoms with Gasteiger partial charge in [0, 0.05) is 5.56 Å². The first-order chi connectivity index (χ1) is 5.70. The van der Waals surface area contributed by atoms with Gasteiger partial charge in [-0.15, -0.1) is 0 Å². The Hall–Kier alpha value is -1.16. The lowest BCUT2D eigenvalue weighted by Gasteiger charge is -1.98. The first-order valence-corrected chi connectivity index (χ1v) is 4.60. The van der Waals surface area contributed by atoms with E-state index in [4.69, 9.17) is 0 Å². The maximum absolute atomic E-state index is 11.3. The Balaban J connectivity index is 2.76. The molecule has 1 aromatic carbocycles. The molecule has 4 heteroatoms. The molecule has 2 rings (SSSR count). The molecule has 3 nitrogen and oxygen atoms in total. The lowest BCUT2D eigenvalue weighted by molar-refractivity contribution is 0.461. The van der Waals surface area contributed by atoms with Gasteiger partial charge in [-0.05, 0) is 13.0 Å². The van der Waals surface area contributed by atoms with Crippen LogP contribution in [0.4, 0.5) is 0 Å². The Bertz CT molecular complexity index is 398. The minimum Gasteiger partial charge on any atom is -0.507 e. The van der Waals surface area contributed by atoms with E-state index in [-0.39, 0.29) is 5.75 Å². The molecule has 1 heterocycles.